The summed E-state index contributed by atoms with van der Waals surface area (Å²) in [4.78, 5) is 38.1. The minimum Gasteiger partial charge on any atom is -0.462 e. The molecule has 6 heteroatoms. The van der Waals surface area contributed by atoms with Crippen molar-refractivity contribution in [1.29, 1.82) is 0 Å². The monoisotopic (exact) mass is 989 g/mol. The molecule has 0 fully saturated rings. The first-order valence-electron chi connectivity index (χ1n) is 30.1. The van der Waals surface area contributed by atoms with E-state index in [1.165, 1.54) is 141 Å². The Morgan fingerprint density at radius 1 is 0.296 bits per heavy atom. The van der Waals surface area contributed by atoms with Gasteiger partial charge in [0.2, 0.25) is 0 Å². The van der Waals surface area contributed by atoms with Crippen molar-refractivity contribution in [3.8, 4) is 0 Å². The van der Waals surface area contributed by atoms with Crippen LogP contribution in [0.25, 0.3) is 0 Å². The number of unbranched alkanes of at least 4 members (excludes halogenated alkanes) is 29. The smallest absolute Gasteiger partial charge is 0.306 e. The lowest BCUT2D eigenvalue weighted by Crippen LogP contribution is -2.30. The van der Waals surface area contributed by atoms with Gasteiger partial charge >= 0.3 is 17.9 Å². The third kappa shape index (κ3) is 57.4. The van der Waals surface area contributed by atoms with E-state index in [1.54, 1.807) is 0 Å². The van der Waals surface area contributed by atoms with Crippen LogP contribution >= 0.6 is 0 Å². The predicted molar refractivity (Wildman–Crippen MR) is 307 cm³/mol. The number of esters is 3. The molecule has 0 bridgehead atoms. The number of carbonyl (C=O) groups is 3. The van der Waals surface area contributed by atoms with E-state index >= 15 is 0 Å². The molecule has 0 saturated heterocycles. The van der Waals surface area contributed by atoms with E-state index in [4.69, 9.17) is 14.2 Å². The molecule has 0 N–H and O–H groups in total. The molecule has 0 spiro atoms. The average molecular weight is 990 g/mol. The van der Waals surface area contributed by atoms with Crippen molar-refractivity contribution in [3.05, 3.63) is 85.1 Å². The van der Waals surface area contributed by atoms with E-state index in [1.807, 2.05) is 0 Å². The van der Waals surface area contributed by atoms with Gasteiger partial charge in [-0.3, -0.25) is 14.4 Å². The van der Waals surface area contributed by atoms with Crippen LogP contribution < -0.4 is 0 Å². The van der Waals surface area contributed by atoms with Crippen LogP contribution in [0.4, 0.5) is 0 Å². The van der Waals surface area contributed by atoms with Crippen molar-refractivity contribution in [2.24, 2.45) is 0 Å². The Bertz CT molecular complexity index is 1370. The highest BCUT2D eigenvalue weighted by Gasteiger charge is 2.19. The molecular weight excluding hydrogens is 877 g/mol. The molecule has 0 rings (SSSR count). The van der Waals surface area contributed by atoms with Crippen LogP contribution in [0.3, 0.4) is 0 Å². The summed E-state index contributed by atoms with van der Waals surface area (Å²) in [6.07, 6.45) is 77.4. The number of carbonyl (C=O) groups excluding carboxylic acids is 3. The van der Waals surface area contributed by atoms with E-state index in [-0.39, 0.29) is 31.1 Å². The lowest BCUT2D eigenvalue weighted by Gasteiger charge is -2.18. The maximum absolute atomic E-state index is 12.8. The largest absolute Gasteiger partial charge is 0.462 e. The summed E-state index contributed by atoms with van der Waals surface area (Å²) in [6.45, 7) is 6.49. The van der Waals surface area contributed by atoms with Crippen LogP contribution in [0.1, 0.15) is 290 Å². The third-order valence-electron chi connectivity index (χ3n) is 12.9. The van der Waals surface area contributed by atoms with Crippen LogP contribution in [-0.4, -0.2) is 37.2 Å². The number of allylic oxidation sites excluding steroid dienone is 14. The lowest BCUT2D eigenvalue weighted by molar-refractivity contribution is -0.167. The average Bonchev–Trinajstić information content (AvgIpc) is 3.37. The van der Waals surface area contributed by atoms with Gasteiger partial charge in [-0.1, -0.05) is 279 Å². The highest BCUT2D eigenvalue weighted by atomic mass is 16.6. The summed E-state index contributed by atoms with van der Waals surface area (Å²) in [5.74, 6) is -0.913. The van der Waals surface area contributed by atoms with Gasteiger partial charge in [0.15, 0.2) is 6.10 Å². The Labute approximate surface area is 439 Å². The Balaban J connectivity index is 4.28. The number of hydrogen-bond donors (Lipinski definition) is 0. The van der Waals surface area contributed by atoms with E-state index in [9.17, 15) is 14.4 Å². The predicted octanol–water partition coefficient (Wildman–Crippen LogP) is 20.3. The fourth-order valence-corrected chi connectivity index (χ4v) is 8.42. The number of ether oxygens (including phenoxy) is 3. The summed E-state index contributed by atoms with van der Waals surface area (Å²) in [5.41, 5.74) is 0. The second kappa shape index (κ2) is 59.2. The van der Waals surface area contributed by atoms with E-state index in [0.29, 0.717) is 19.3 Å². The van der Waals surface area contributed by atoms with Crippen LogP contribution in [0, 0.1) is 0 Å². The zero-order chi connectivity index (χ0) is 51.4. The van der Waals surface area contributed by atoms with Gasteiger partial charge in [-0.15, -0.1) is 0 Å². The fraction of sp³-hybridized carbons (Fsp3) is 0.738. The molecule has 71 heavy (non-hydrogen) atoms. The van der Waals surface area contributed by atoms with Gasteiger partial charge in [-0.2, -0.15) is 0 Å². The van der Waals surface area contributed by atoms with Crippen molar-refractivity contribution < 1.29 is 28.6 Å². The molecule has 0 aliphatic carbocycles. The molecule has 0 radical (unpaired) electrons. The van der Waals surface area contributed by atoms with Gasteiger partial charge in [0, 0.05) is 19.3 Å². The Kier molecular flexibility index (Phi) is 56.3. The van der Waals surface area contributed by atoms with E-state index < -0.39 is 6.10 Å². The third-order valence-corrected chi connectivity index (χ3v) is 12.9. The molecule has 0 heterocycles. The second-order valence-electron chi connectivity index (χ2n) is 19.9. The van der Waals surface area contributed by atoms with Crippen LogP contribution in [0.15, 0.2) is 85.1 Å². The van der Waals surface area contributed by atoms with Crippen LogP contribution in [-0.2, 0) is 28.6 Å². The fourth-order valence-electron chi connectivity index (χ4n) is 8.42. The minimum atomic E-state index is -0.787. The second-order valence-corrected chi connectivity index (χ2v) is 19.9. The molecular formula is C65H112O6. The van der Waals surface area contributed by atoms with Crippen molar-refractivity contribution in [2.45, 2.75) is 297 Å². The highest BCUT2D eigenvalue weighted by Crippen LogP contribution is 2.16. The Morgan fingerprint density at radius 3 is 0.859 bits per heavy atom. The van der Waals surface area contributed by atoms with Crippen molar-refractivity contribution >= 4 is 17.9 Å². The van der Waals surface area contributed by atoms with Crippen molar-refractivity contribution in [3.63, 3.8) is 0 Å². The quantitative estimate of drug-likeness (QED) is 0.0261. The summed E-state index contributed by atoms with van der Waals surface area (Å²) in [5, 5.41) is 0. The molecule has 408 valence electrons. The lowest BCUT2D eigenvalue weighted by atomic mass is 10.0. The van der Waals surface area contributed by atoms with E-state index in [0.717, 1.165) is 109 Å². The Hall–Kier alpha value is -3.41. The van der Waals surface area contributed by atoms with Crippen LogP contribution in [0.2, 0.25) is 0 Å². The molecule has 0 saturated carbocycles. The molecule has 0 aliphatic heterocycles. The molecule has 0 aromatic carbocycles. The first kappa shape index (κ1) is 67.6. The first-order chi connectivity index (χ1) is 35.0. The minimum absolute atomic E-state index is 0.0843. The summed E-state index contributed by atoms with van der Waals surface area (Å²) >= 11 is 0. The topological polar surface area (TPSA) is 78.9 Å². The molecule has 0 aliphatic rings. The summed E-state index contributed by atoms with van der Waals surface area (Å²) < 4.78 is 16.8. The van der Waals surface area contributed by atoms with Crippen molar-refractivity contribution in [2.75, 3.05) is 13.2 Å². The van der Waals surface area contributed by atoms with Gasteiger partial charge in [0.25, 0.3) is 0 Å². The van der Waals surface area contributed by atoms with Gasteiger partial charge < -0.3 is 14.2 Å². The normalized spacial score (nSPS) is 12.7. The maximum atomic E-state index is 12.8. The summed E-state index contributed by atoms with van der Waals surface area (Å²) in [7, 11) is 0. The zero-order valence-electron chi connectivity index (χ0n) is 46.7. The van der Waals surface area contributed by atoms with Gasteiger partial charge in [-0.05, 0) is 77.0 Å². The highest BCUT2D eigenvalue weighted by molar-refractivity contribution is 5.71. The first-order valence-corrected chi connectivity index (χ1v) is 30.1. The van der Waals surface area contributed by atoms with Gasteiger partial charge in [0.05, 0.1) is 0 Å². The Morgan fingerprint density at radius 2 is 0.549 bits per heavy atom. The number of hydrogen-bond acceptors (Lipinski definition) is 6. The molecule has 0 amide bonds. The SMILES string of the molecule is CC/C=C\C/C=C\C/C=C\C/C=C\C/C=C\C/C=C\C/C=C\CCCCCC(=O)OCC(COC(=O)CCCCCCCCCC)OC(=O)CCCCCCCCCCCCCCCCCCCCCC. The van der Waals surface area contributed by atoms with Crippen molar-refractivity contribution in [1.82, 2.24) is 0 Å². The van der Waals surface area contributed by atoms with Gasteiger partial charge in [-0.25, -0.2) is 0 Å². The maximum Gasteiger partial charge on any atom is 0.306 e. The molecule has 0 aromatic rings. The summed E-state index contributed by atoms with van der Waals surface area (Å²) in [6, 6.07) is 0. The van der Waals surface area contributed by atoms with Crippen LogP contribution in [0.5, 0.6) is 0 Å². The number of rotatable bonds is 54. The molecule has 1 atom stereocenters. The molecule has 1 unspecified atom stereocenters. The molecule has 6 nitrogen and oxygen atoms in total. The molecule has 0 aromatic heterocycles. The van der Waals surface area contributed by atoms with Gasteiger partial charge in [0.1, 0.15) is 13.2 Å². The standard InChI is InChI=1S/C65H112O6/c1-4-7-10-13-16-19-21-23-25-27-29-31-32-33-34-35-37-38-40-42-44-46-49-52-55-58-64(67)70-61-62(60-69-63(66)57-54-51-48-18-15-12-9-6-3)71-65(68)59-56-53-50-47-45-43-41-39-36-30-28-26-24-22-20-17-14-11-8-5-2/h7,10,16,19,23,25,29,31,33-34,37-38,42,44,62H,4-6,8-9,11-15,17-18,20-22,24,26-28,30,32,35-36,39-41,43,45-61H2,1-3H3/b10-7-,19-16-,25-23-,31-29-,34-33-,38-37-,44-42-. The zero-order valence-corrected chi connectivity index (χ0v) is 46.7. The van der Waals surface area contributed by atoms with E-state index in [2.05, 4.69) is 106 Å².